The zero-order valence-corrected chi connectivity index (χ0v) is 20.4. The van der Waals surface area contributed by atoms with Crippen molar-refractivity contribution in [3.8, 4) is 11.5 Å². The number of nitrogens with one attached hydrogen (secondary N) is 2. The molecule has 0 radical (unpaired) electrons. The van der Waals surface area contributed by atoms with Crippen LogP contribution in [0.1, 0.15) is 32.8 Å². The first-order valence-corrected chi connectivity index (χ1v) is 11.1. The Morgan fingerprint density at radius 2 is 1.81 bits per heavy atom. The van der Waals surface area contributed by atoms with Crippen molar-refractivity contribution < 1.29 is 19.0 Å². The van der Waals surface area contributed by atoms with Crippen molar-refractivity contribution in [1.82, 2.24) is 20.4 Å². The third kappa shape index (κ3) is 8.45. The van der Waals surface area contributed by atoms with Crippen molar-refractivity contribution in [3.05, 3.63) is 23.8 Å². The average Bonchev–Trinajstić information content (AvgIpc) is 2.77. The SMILES string of the molecule is CN=C(NCCCN1CCN(C(=O)OC(C)(C)C)CC1)NCc1ccc(OC)cc1OC. The molecule has 0 unspecified atom stereocenters. The molecular weight excluding hydrogens is 410 g/mol. The summed E-state index contributed by atoms with van der Waals surface area (Å²) in [7, 11) is 5.05. The van der Waals surface area contributed by atoms with Crippen molar-refractivity contribution in [2.24, 2.45) is 4.99 Å². The molecule has 1 aliphatic heterocycles. The van der Waals surface area contributed by atoms with E-state index in [9.17, 15) is 4.79 Å². The standard InChI is InChI=1S/C23H39N5O4/c1-23(2,3)32-22(29)28-14-12-27(13-15-28)11-7-10-25-21(24-4)26-17-18-8-9-19(30-5)16-20(18)31-6/h8-9,16H,7,10-15,17H2,1-6H3,(H2,24,25,26). The fraction of sp³-hybridized carbons (Fsp3) is 0.652. The Kier molecular flexibility index (Phi) is 9.90. The number of amides is 1. The van der Waals surface area contributed by atoms with Gasteiger partial charge in [0.15, 0.2) is 5.96 Å². The minimum atomic E-state index is -0.453. The van der Waals surface area contributed by atoms with Crippen molar-refractivity contribution in [2.75, 3.05) is 60.5 Å². The summed E-state index contributed by atoms with van der Waals surface area (Å²) in [6, 6.07) is 5.77. The quantitative estimate of drug-likeness (QED) is 0.358. The Morgan fingerprint density at radius 3 is 2.41 bits per heavy atom. The van der Waals surface area contributed by atoms with Crippen LogP contribution in [0.5, 0.6) is 11.5 Å². The number of piperazine rings is 1. The smallest absolute Gasteiger partial charge is 0.410 e. The molecule has 180 valence electrons. The summed E-state index contributed by atoms with van der Waals surface area (Å²) in [6.45, 7) is 11.2. The first-order chi connectivity index (χ1) is 15.3. The van der Waals surface area contributed by atoms with Gasteiger partial charge in [0.2, 0.25) is 0 Å². The lowest BCUT2D eigenvalue weighted by Crippen LogP contribution is -2.50. The molecular formula is C23H39N5O4. The number of carbonyl (C=O) groups is 1. The second kappa shape index (κ2) is 12.4. The van der Waals surface area contributed by atoms with Crippen LogP contribution in [0.3, 0.4) is 0 Å². The Morgan fingerprint density at radius 1 is 1.09 bits per heavy atom. The molecule has 1 saturated heterocycles. The Labute approximate surface area is 192 Å². The highest BCUT2D eigenvalue weighted by atomic mass is 16.6. The van der Waals surface area contributed by atoms with Crippen LogP contribution < -0.4 is 20.1 Å². The van der Waals surface area contributed by atoms with E-state index in [-0.39, 0.29) is 6.09 Å². The average molecular weight is 450 g/mol. The molecule has 2 N–H and O–H groups in total. The van der Waals surface area contributed by atoms with Crippen LogP contribution in [0.4, 0.5) is 4.79 Å². The van der Waals surface area contributed by atoms with E-state index in [0.29, 0.717) is 19.6 Å². The number of hydrogen-bond donors (Lipinski definition) is 2. The van der Waals surface area contributed by atoms with Gasteiger partial charge in [-0.05, 0) is 45.9 Å². The number of carbonyl (C=O) groups excluding carboxylic acids is 1. The highest BCUT2D eigenvalue weighted by Crippen LogP contribution is 2.24. The second-order valence-corrected chi connectivity index (χ2v) is 8.69. The first-order valence-electron chi connectivity index (χ1n) is 11.1. The largest absolute Gasteiger partial charge is 0.497 e. The van der Waals surface area contributed by atoms with Crippen molar-refractivity contribution in [3.63, 3.8) is 0 Å². The van der Waals surface area contributed by atoms with Gasteiger partial charge >= 0.3 is 6.09 Å². The van der Waals surface area contributed by atoms with E-state index in [1.807, 2.05) is 39.0 Å². The molecule has 1 heterocycles. The van der Waals surface area contributed by atoms with E-state index < -0.39 is 5.60 Å². The van der Waals surface area contributed by atoms with Crippen molar-refractivity contribution >= 4 is 12.1 Å². The zero-order valence-electron chi connectivity index (χ0n) is 20.4. The predicted molar refractivity (Wildman–Crippen MR) is 127 cm³/mol. The van der Waals surface area contributed by atoms with E-state index in [1.165, 1.54) is 0 Å². The van der Waals surface area contributed by atoms with Crippen LogP contribution in [0.15, 0.2) is 23.2 Å². The van der Waals surface area contributed by atoms with Gasteiger partial charge in [0.1, 0.15) is 17.1 Å². The van der Waals surface area contributed by atoms with Crippen molar-refractivity contribution in [2.45, 2.75) is 39.3 Å². The minimum Gasteiger partial charge on any atom is -0.497 e. The topological polar surface area (TPSA) is 87.7 Å². The van der Waals surface area contributed by atoms with E-state index >= 15 is 0 Å². The molecule has 0 aromatic heterocycles. The fourth-order valence-corrected chi connectivity index (χ4v) is 3.39. The van der Waals surface area contributed by atoms with Gasteiger partial charge in [-0.15, -0.1) is 0 Å². The number of methoxy groups -OCH3 is 2. The van der Waals surface area contributed by atoms with Gasteiger partial charge in [-0.1, -0.05) is 0 Å². The van der Waals surface area contributed by atoms with E-state index in [0.717, 1.165) is 55.6 Å². The van der Waals surface area contributed by atoms with Gasteiger partial charge in [-0.25, -0.2) is 4.79 Å². The van der Waals surface area contributed by atoms with Crippen LogP contribution in [0.2, 0.25) is 0 Å². The number of hydrogen-bond acceptors (Lipinski definition) is 6. The Hall–Kier alpha value is -2.68. The lowest BCUT2D eigenvalue weighted by molar-refractivity contribution is 0.0145. The van der Waals surface area contributed by atoms with Gasteiger partial charge in [0, 0.05) is 57.9 Å². The maximum absolute atomic E-state index is 12.2. The Bertz CT molecular complexity index is 755. The summed E-state index contributed by atoms with van der Waals surface area (Å²) in [5, 5.41) is 6.67. The molecule has 9 nitrogen and oxygen atoms in total. The van der Waals surface area contributed by atoms with Gasteiger partial charge in [-0.3, -0.25) is 9.89 Å². The number of rotatable bonds is 8. The molecule has 1 aromatic rings. The highest BCUT2D eigenvalue weighted by Gasteiger charge is 2.25. The third-order valence-corrected chi connectivity index (χ3v) is 5.13. The predicted octanol–water partition coefficient (Wildman–Crippen LogP) is 2.31. The van der Waals surface area contributed by atoms with Crippen LogP contribution >= 0.6 is 0 Å². The summed E-state index contributed by atoms with van der Waals surface area (Å²) in [5.74, 6) is 2.29. The molecule has 1 fully saturated rings. The molecule has 0 aliphatic carbocycles. The van der Waals surface area contributed by atoms with Crippen LogP contribution in [0, 0.1) is 0 Å². The van der Waals surface area contributed by atoms with Crippen molar-refractivity contribution in [1.29, 1.82) is 0 Å². The van der Waals surface area contributed by atoms with E-state index in [2.05, 4.69) is 20.5 Å². The lowest BCUT2D eigenvalue weighted by atomic mass is 10.2. The molecule has 9 heteroatoms. The maximum Gasteiger partial charge on any atom is 0.410 e. The first kappa shape index (κ1) is 25.6. The van der Waals surface area contributed by atoms with E-state index in [1.54, 1.807) is 26.2 Å². The van der Waals surface area contributed by atoms with Gasteiger partial charge in [0.05, 0.1) is 14.2 Å². The molecule has 0 spiro atoms. The van der Waals surface area contributed by atoms with Gasteiger partial charge in [0.25, 0.3) is 0 Å². The van der Waals surface area contributed by atoms with E-state index in [4.69, 9.17) is 14.2 Å². The minimum absolute atomic E-state index is 0.220. The number of benzene rings is 1. The zero-order chi connectivity index (χ0) is 23.6. The molecule has 0 atom stereocenters. The summed E-state index contributed by atoms with van der Waals surface area (Å²) >= 11 is 0. The number of ether oxygens (including phenoxy) is 3. The molecule has 1 amide bonds. The van der Waals surface area contributed by atoms with Gasteiger partial charge in [-0.2, -0.15) is 0 Å². The molecule has 0 saturated carbocycles. The summed E-state index contributed by atoms with van der Waals surface area (Å²) in [6.07, 6.45) is 0.765. The number of nitrogens with zero attached hydrogens (tertiary/aromatic N) is 3. The normalized spacial score (nSPS) is 15.3. The summed E-state index contributed by atoms with van der Waals surface area (Å²) in [5.41, 5.74) is 0.574. The second-order valence-electron chi connectivity index (χ2n) is 8.69. The molecule has 1 aromatic carbocycles. The van der Waals surface area contributed by atoms with Gasteiger partial charge < -0.3 is 29.7 Å². The Balaban J connectivity index is 1.66. The van der Waals surface area contributed by atoms with Crippen LogP contribution in [0.25, 0.3) is 0 Å². The van der Waals surface area contributed by atoms with Crippen LogP contribution in [-0.4, -0.2) is 88.0 Å². The summed E-state index contributed by atoms with van der Waals surface area (Å²) in [4.78, 5) is 20.6. The fourth-order valence-electron chi connectivity index (χ4n) is 3.39. The monoisotopic (exact) mass is 449 g/mol. The molecule has 0 bridgehead atoms. The highest BCUT2D eigenvalue weighted by molar-refractivity contribution is 5.79. The third-order valence-electron chi connectivity index (χ3n) is 5.13. The maximum atomic E-state index is 12.2. The lowest BCUT2D eigenvalue weighted by Gasteiger charge is -2.35. The van der Waals surface area contributed by atoms with Crippen LogP contribution in [-0.2, 0) is 11.3 Å². The molecule has 32 heavy (non-hydrogen) atoms. The number of guanidine groups is 1. The molecule has 2 rings (SSSR count). The molecule has 1 aliphatic rings. The number of aliphatic imine (C=N–C) groups is 1. The summed E-state index contributed by atoms with van der Waals surface area (Å²) < 4.78 is 16.1.